The highest BCUT2D eigenvalue weighted by atomic mass is 16.5. The van der Waals surface area contributed by atoms with E-state index in [1.165, 1.54) is 24.0 Å². The molecule has 5 nitrogen and oxygen atoms in total. The van der Waals surface area contributed by atoms with Crippen molar-refractivity contribution in [1.82, 2.24) is 10.2 Å². The molecule has 0 amide bonds. The number of benzene rings is 1. The SMILES string of the molecule is COc1ccc2c3c1O[C@H]1C(=O)C=C[C@@]4(NCC5CC5)[C@@H](C2)N(C)CC[C@]314. The molecule has 1 saturated heterocycles. The minimum Gasteiger partial charge on any atom is -0.493 e. The lowest BCUT2D eigenvalue weighted by Gasteiger charge is -2.63. The second kappa shape index (κ2) is 5.15. The third kappa shape index (κ3) is 1.80. The molecule has 3 aliphatic carbocycles. The Morgan fingerprint density at radius 1 is 1.37 bits per heavy atom. The number of rotatable bonds is 4. The molecule has 2 aliphatic heterocycles. The van der Waals surface area contributed by atoms with Gasteiger partial charge in [-0.2, -0.15) is 0 Å². The van der Waals surface area contributed by atoms with Gasteiger partial charge in [0.2, 0.25) is 0 Å². The van der Waals surface area contributed by atoms with E-state index in [2.05, 4.69) is 29.4 Å². The third-order valence-electron chi connectivity index (χ3n) is 7.77. The molecule has 1 aromatic carbocycles. The van der Waals surface area contributed by atoms with Gasteiger partial charge in [-0.3, -0.25) is 4.79 Å². The number of nitrogens with one attached hydrogen (secondary N) is 1. The van der Waals surface area contributed by atoms with Gasteiger partial charge in [0.25, 0.3) is 0 Å². The molecule has 0 radical (unpaired) electrons. The molecule has 1 spiro atoms. The third-order valence-corrected chi connectivity index (χ3v) is 7.77. The van der Waals surface area contributed by atoms with Gasteiger partial charge >= 0.3 is 0 Å². The van der Waals surface area contributed by atoms with Crippen LogP contribution in [0.5, 0.6) is 11.5 Å². The highest BCUT2D eigenvalue weighted by molar-refractivity contribution is 5.99. The number of hydrogen-bond donors (Lipinski definition) is 1. The number of nitrogens with zero attached hydrogens (tertiary/aromatic N) is 1. The van der Waals surface area contributed by atoms with Crippen LogP contribution in [0, 0.1) is 5.92 Å². The van der Waals surface area contributed by atoms with Crippen LogP contribution in [0.15, 0.2) is 24.3 Å². The Kier molecular flexibility index (Phi) is 3.08. The van der Waals surface area contributed by atoms with E-state index in [4.69, 9.17) is 9.47 Å². The van der Waals surface area contributed by atoms with Crippen molar-refractivity contribution in [3.8, 4) is 11.5 Å². The van der Waals surface area contributed by atoms with E-state index in [1.807, 2.05) is 6.07 Å². The number of ketones is 1. The van der Waals surface area contributed by atoms with Crippen LogP contribution in [-0.4, -0.2) is 55.6 Å². The quantitative estimate of drug-likeness (QED) is 0.881. The van der Waals surface area contributed by atoms with E-state index in [9.17, 15) is 4.79 Å². The summed E-state index contributed by atoms with van der Waals surface area (Å²) >= 11 is 0. The van der Waals surface area contributed by atoms with Crippen molar-refractivity contribution in [3.63, 3.8) is 0 Å². The van der Waals surface area contributed by atoms with Crippen molar-refractivity contribution >= 4 is 5.78 Å². The number of piperidine rings is 1. The summed E-state index contributed by atoms with van der Waals surface area (Å²) in [6.07, 6.45) is 8.04. The predicted molar refractivity (Wildman–Crippen MR) is 101 cm³/mol. The molecule has 2 bridgehead atoms. The molecule has 2 fully saturated rings. The summed E-state index contributed by atoms with van der Waals surface area (Å²) in [6.45, 7) is 2.00. The van der Waals surface area contributed by atoms with E-state index in [-0.39, 0.29) is 16.7 Å². The maximum Gasteiger partial charge on any atom is 0.196 e. The number of methoxy groups -OCH3 is 1. The van der Waals surface area contributed by atoms with Gasteiger partial charge in [0.1, 0.15) is 0 Å². The lowest BCUT2D eigenvalue weighted by atomic mass is 9.49. The fraction of sp³-hybridized carbons (Fsp3) is 0.591. The smallest absolute Gasteiger partial charge is 0.196 e. The standard InChI is InChI=1S/C22H26N2O3/c1-24-10-9-21-18-14-5-6-16(26-2)19(18)27-20(21)15(25)7-8-22(21,17(24)11-14)23-12-13-3-4-13/h5-8,13,17,20,23H,3-4,9-12H2,1-2H3/t17-,20+,21+,22-/m1/s1. The van der Waals surface area contributed by atoms with Crippen LogP contribution in [0.4, 0.5) is 0 Å². The van der Waals surface area contributed by atoms with Crippen molar-refractivity contribution in [1.29, 1.82) is 0 Å². The van der Waals surface area contributed by atoms with Crippen LogP contribution in [0.2, 0.25) is 0 Å². The average Bonchev–Trinajstić information content (AvgIpc) is 3.43. The second-order valence-corrected chi connectivity index (χ2v) is 8.98. The predicted octanol–water partition coefficient (Wildman–Crippen LogP) is 1.83. The molecule has 5 heteroatoms. The Balaban J connectivity index is 1.63. The van der Waals surface area contributed by atoms with Crippen LogP contribution in [0.1, 0.15) is 30.4 Å². The van der Waals surface area contributed by atoms with Gasteiger partial charge in [0, 0.05) is 11.6 Å². The number of likely N-dealkylation sites (tertiary alicyclic amines) is 1. The first-order valence-corrected chi connectivity index (χ1v) is 10.2. The Bertz CT molecular complexity index is 877. The summed E-state index contributed by atoms with van der Waals surface area (Å²) in [5, 5.41) is 3.98. The van der Waals surface area contributed by atoms with E-state index >= 15 is 0 Å². The largest absolute Gasteiger partial charge is 0.493 e. The summed E-state index contributed by atoms with van der Waals surface area (Å²) in [6, 6.07) is 4.51. The molecule has 1 saturated carbocycles. The minimum absolute atomic E-state index is 0.0910. The van der Waals surface area contributed by atoms with Gasteiger partial charge < -0.3 is 19.7 Å². The second-order valence-electron chi connectivity index (χ2n) is 8.98. The molecule has 1 aromatic rings. The van der Waals surface area contributed by atoms with Crippen molar-refractivity contribution < 1.29 is 14.3 Å². The highest BCUT2D eigenvalue weighted by Gasteiger charge is 2.71. The molecule has 0 unspecified atom stereocenters. The number of likely N-dealkylation sites (N-methyl/N-ethyl adjacent to an activating group) is 1. The van der Waals surface area contributed by atoms with E-state index in [1.54, 1.807) is 13.2 Å². The normalized spacial score (nSPS) is 38.5. The Labute approximate surface area is 159 Å². The van der Waals surface area contributed by atoms with Crippen molar-refractivity contribution in [2.24, 2.45) is 5.92 Å². The number of carbonyl (C=O) groups is 1. The molecule has 6 rings (SSSR count). The van der Waals surface area contributed by atoms with E-state index in [0.29, 0.717) is 6.04 Å². The zero-order valence-electron chi connectivity index (χ0n) is 16.0. The zero-order valence-corrected chi connectivity index (χ0v) is 16.0. The van der Waals surface area contributed by atoms with Crippen LogP contribution < -0.4 is 14.8 Å². The fourth-order valence-corrected chi connectivity index (χ4v) is 6.29. The summed E-state index contributed by atoms with van der Waals surface area (Å²) in [4.78, 5) is 15.5. The molecule has 142 valence electrons. The molecular formula is C22H26N2O3. The van der Waals surface area contributed by atoms with Gasteiger partial charge in [0.05, 0.1) is 18.1 Å². The maximum absolute atomic E-state index is 13.0. The lowest BCUT2D eigenvalue weighted by molar-refractivity contribution is -0.129. The molecule has 1 N–H and O–H groups in total. The zero-order chi connectivity index (χ0) is 18.4. The number of ether oxygens (including phenoxy) is 2. The number of carbonyl (C=O) groups excluding carboxylic acids is 1. The summed E-state index contributed by atoms with van der Waals surface area (Å²) in [5.41, 5.74) is 1.96. The average molecular weight is 366 g/mol. The Hall–Kier alpha value is -1.85. The molecule has 0 aromatic heterocycles. The molecule has 2 heterocycles. The van der Waals surface area contributed by atoms with Gasteiger partial charge in [-0.1, -0.05) is 12.1 Å². The summed E-state index contributed by atoms with van der Waals surface area (Å²) in [5.74, 6) is 2.42. The fourth-order valence-electron chi connectivity index (χ4n) is 6.29. The summed E-state index contributed by atoms with van der Waals surface area (Å²) < 4.78 is 12.0. The van der Waals surface area contributed by atoms with Crippen LogP contribution in [0.3, 0.4) is 0 Å². The highest BCUT2D eigenvalue weighted by Crippen LogP contribution is 2.63. The van der Waals surface area contributed by atoms with Crippen LogP contribution in [-0.2, 0) is 16.6 Å². The first kappa shape index (κ1) is 16.1. The minimum atomic E-state index is -0.448. The monoisotopic (exact) mass is 366 g/mol. The van der Waals surface area contributed by atoms with Crippen molar-refractivity contribution in [3.05, 3.63) is 35.4 Å². The Morgan fingerprint density at radius 2 is 2.22 bits per heavy atom. The van der Waals surface area contributed by atoms with Gasteiger partial charge in [0.15, 0.2) is 23.4 Å². The number of hydrogen-bond acceptors (Lipinski definition) is 5. The summed E-state index contributed by atoms with van der Waals surface area (Å²) in [7, 11) is 3.91. The van der Waals surface area contributed by atoms with Gasteiger partial charge in [-0.25, -0.2) is 0 Å². The lowest BCUT2D eigenvalue weighted by Crippen LogP contribution is -2.79. The van der Waals surface area contributed by atoms with Crippen LogP contribution in [0.25, 0.3) is 0 Å². The van der Waals surface area contributed by atoms with Gasteiger partial charge in [-0.15, -0.1) is 0 Å². The molecule has 4 atom stereocenters. The molecule has 27 heavy (non-hydrogen) atoms. The Morgan fingerprint density at radius 3 is 3.00 bits per heavy atom. The van der Waals surface area contributed by atoms with Crippen molar-refractivity contribution in [2.45, 2.75) is 48.8 Å². The first-order chi connectivity index (χ1) is 13.1. The maximum atomic E-state index is 13.0. The van der Waals surface area contributed by atoms with E-state index < -0.39 is 6.10 Å². The van der Waals surface area contributed by atoms with Crippen molar-refractivity contribution in [2.75, 3.05) is 27.2 Å². The molecular weight excluding hydrogens is 340 g/mol. The van der Waals surface area contributed by atoms with E-state index in [0.717, 1.165) is 43.3 Å². The molecule has 5 aliphatic rings. The van der Waals surface area contributed by atoms with Crippen LogP contribution >= 0.6 is 0 Å². The van der Waals surface area contributed by atoms with Gasteiger partial charge in [-0.05, 0) is 69.4 Å². The topological polar surface area (TPSA) is 50.8 Å². The first-order valence-electron chi connectivity index (χ1n) is 10.2.